The zero-order chi connectivity index (χ0) is 15.3. The minimum absolute atomic E-state index is 0.0294. The van der Waals surface area contributed by atoms with E-state index in [4.69, 9.17) is 9.47 Å². The molecule has 1 aromatic rings. The Morgan fingerprint density at radius 3 is 2.68 bits per heavy atom. The van der Waals surface area contributed by atoms with Gasteiger partial charge in [0.1, 0.15) is 6.10 Å². The molecule has 116 valence electrons. The number of amides is 1. The molecule has 22 heavy (non-hydrogen) atoms. The molecule has 1 aromatic carbocycles. The molecule has 4 atom stereocenters. The number of carbonyl (C=O) groups excluding carboxylic acids is 2. The van der Waals surface area contributed by atoms with Crippen LogP contribution in [0.25, 0.3) is 0 Å². The second-order valence-electron chi connectivity index (χ2n) is 6.13. The summed E-state index contributed by atoms with van der Waals surface area (Å²) in [4.78, 5) is 27.1. The molecule has 4 rings (SSSR count). The summed E-state index contributed by atoms with van der Waals surface area (Å²) in [5, 5.41) is 0. The summed E-state index contributed by atoms with van der Waals surface area (Å²) in [6.45, 7) is 0.481. The van der Waals surface area contributed by atoms with Crippen LogP contribution in [-0.2, 0) is 19.1 Å². The maximum absolute atomic E-state index is 13.0. The average molecular weight is 413 g/mol. The Kier molecular flexibility index (Phi) is 3.41. The van der Waals surface area contributed by atoms with Crippen molar-refractivity contribution in [3.8, 4) is 0 Å². The van der Waals surface area contributed by atoms with Gasteiger partial charge in [0.05, 0.1) is 12.6 Å². The number of benzene rings is 1. The average Bonchev–Trinajstić information content (AvgIpc) is 3.17. The van der Waals surface area contributed by atoms with Gasteiger partial charge in [-0.05, 0) is 6.42 Å². The largest absolute Gasteiger partial charge is 0.461 e. The van der Waals surface area contributed by atoms with Crippen molar-refractivity contribution in [3.05, 3.63) is 35.9 Å². The van der Waals surface area contributed by atoms with Crippen molar-refractivity contribution in [2.45, 2.75) is 31.2 Å². The van der Waals surface area contributed by atoms with E-state index in [1.807, 2.05) is 30.3 Å². The third-order valence-electron chi connectivity index (χ3n) is 4.82. The van der Waals surface area contributed by atoms with Gasteiger partial charge in [-0.15, -0.1) is 0 Å². The smallest absolute Gasteiger partial charge is 0.322 e. The number of carbonyl (C=O) groups is 2. The topological polar surface area (TPSA) is 55.8 Å². The molecule has 0 radical (unpaired) electrons. The van der Waals surface area contributed by atoms with Crippen LogP contribution < -0.4 is 0 Å². The lowest BCUT2D eigenvalue weighted by Crippen LogP contribution is -2.39. The van der Waals surface area contributed by atoms with E-state index < -0.39 is 5.41 Å². The van der Waals surface area contributed by atoms with Gasteiger partial charge in [-0.3, -0.25) is 9.59 Å². The number of hydrogen-bond acceptors (Lipinski definition) is 4. The minimum atomic E-state index is -0.975. The van der Waals surface area contributed by atoms with E-state index in [2.05, 4.69) is 22.6 Å². The highest BCUT2D eigenvalue weighted by Crippen LogP contribution is 2.51. The first kappa shape index (κ1) is 14.4. The lowest BCUT2D eigenvalue weighted by Gasteiger charge is -2.24. The number of cyclic esters (lactones) is 1. The standard InChI is InChI=1S/C16H16INO4/c17-8-12-7-16(15(20)22-12)6-11-9-21-13(18(11)14(16)19)10-4-2-1-3-5-10/h1-5,11-13H,6-9H2/t11-,12+,13+,16+/m0/s1. The molecule has 0 aromatic heterocycles. The number of nitrogens with zero attached hydrogens (tertiary/aromatic N) is 1. The molecule has 0 N–H and O–H groups in total. The van der Waals surface area contributed by atoms with Gasteiger partial charge in [-0.1, -0.05) is 52.9 Å². The van der Waals surface area contributed by atoms with Crippen molar-refractivity contribution in [2.75, 3.05) is 11.0 Å². The van der Waals surface area contributed by atoms with Crippen LogP contribution in [0.5, 0.6) is 0 Å². The highest BCUT2D eigenvalue weighted by Gasteiger charge is 2.65. The molecule has 0 aliphatic carbocycles. The van der Waals surface area contributed by atoms with Crippen LogP contribution in [0.4, 0.5) is 0 Å². The number of fused-ring (bicyclic) bond motifs is 1. The van der Waals surface area contributed by atoms with Gasteiger partial charge < -0.3 is 14.4 Å². The molecule has 3 fully saturated rings. The van der Waals surface area contributed by atoms with E-state index >= 15 is 0 Å². The molecule has 3 saturated heterocycles. The van der Waals surface area contributed by atoms with Crippen molar-refractivity contribution < 1.29 is 19.1 Å². The van der Waals surface area contributed by atoms with E-state index in [1.165, 1.54) is 0 Å². The molecule has 5 nitrogen and oxygen atoms in total. The summed E-state index contributed by atoms with van der Waals surface area (Å²) in [5.41, 5.74) is -0.0238. The van der Waals surface area contributed by atoms with Gasteiger partial charge >= 0.3 is 5.97 Å². The van der Waals surface area contributed by atoms with E-state index in [0.717, 1.165) is 9.99 Å². The number of halogens is 1. The normalized spacial score (nSPS) is 37.0. The Bertz CT molecular complexity index is 622. The Labute approximate surface area is 142 Å². The fourth-order valence-corrected chi connectivity index (χ4v) is 4.29. The van der Waals surface area contributed by atoms with Gasteiger partial charge in [0, 0.05) is 16.4 Å². The summed E-state index contributed by atoms with van der Waals surface area (Å²) in [6.07, 6.45) is 0.487. The number of ether oxygens (including phenoxy) is 2. The molecule has 1 spiro atoms. The fraction of sp³-hybridized carbons (Fsp3) is 0.500. The third-order valence-corrected chi connectivity index (χ3v) is 5.80. The predicted octanol–water partition coefficient (Wildman–Crippen LogP) is 2.05. The van der Waals surface area contributed by atoms with E-state index in [1.54, 1.807) is 4.90 Å². The second-order valence-corrected chi connectivity index (χ2v) is 7.02. The predicted molar refractivity (Wildman–Crippen MR) is 86.2 cm³/mol. The number of alkyl halides is 1. The summed E-state index contributed by atoms with van der Waals surface area (Å²) >= 11 is 2.20. The lowest BCUT2D eigenvalue weighted by molar-refractivity contribution is -0.156. The Morgan fingerprint density at radius 2 is 2.00 bits per heavy atom. The molecule has 0 bridgehead atoms. The first-order chi connectivity index (χ1) is 10.7. The Morgan fingerprint density at radius 1 is 1.23 bits per heavy atom. The molecule has 0 saturated carbocycles. The SMILES string of the molecule is O=C1O[C@@H](CI)C[C@@]12C[C@H]1CO[C@H](c3ccccc3)N1C2=O. The first-order valence-electron chi connectivity index (χ1n) is 7.42. The van der Waals surface area contributed by atoms with Crippen LogP contribution in [0.1, 0.15) is 24.6 Å². The summed E-state index contributed by atoms with van der Waals surface area (Å²) in [6, 6.07) is 9.66. The van der Waals surface area contributed by atoms with Crippen molar-refractivity contribution in [1.82, 2.24) is 4.90 Å². The molecule has 6 heteroatoms. The summed E-state index contributed by atoms with van der Waals surface area (Å²) in [7, 11) is 0. The van der Waals surface area contributed by atoms with Gasteiger partial charge in [-0.2, -0.15) is 0 Å². The zero-order valence-corrected chi connectivity index (χ0v) is 14.1. The van der Waals surface area contributed by atoms with Crippen LogP contribution in [-0.4, -0.2) is 40.0 Å². The first-order valence-corrected chi connectivity index (χ1v) is 8.94. The minimum Gasteiger partial charge on any atom is -0.461 e. The van der Waals surface area contributed by atoms with Crippen molar-refractivity contribution in [3.63, 3.8) is 0 Å². The van der Waals surface area contributed by atoms with Crippen molar-refractivity contribution in [1.29, 1.82) is 0 Å². The number of rotatable bonds is 2. The molecular weight excluding hydrogens is 397 g/mol. The molecule has 3 heterocycles. The quantitative estimate of drug-likeness (QED) is 0.323. The highest BCUT2D eigenvalue weighted by atomic mass is 127. The monoisotopic (exact) mass is 413 g/mol. The van der Waals surface area contributed by atoms with Crippen LogP contribution in [0.3, 0.4) is 0 Å². The number of esters is 1. The van der Waals surface area contributed by atoms with E-state index in [-0.39, 0.29) is 30.3 Å². The molecule has 0 unspecified atom stereocenters. The maximum Gasteiger partial charge on any atom is 0.322 e. The molecule has 1 amide bonds. The summed E-state index contributed by atoms with van der Waals surface area (Å²) in [5.74, 6) is -0.471. The fourth-order valence-electron chi connectivity index (χ4n) is 3.80. The molecular formula is C16H16INO4. The zero-order valence-electron chi connectivity index (χ0n) is 11.9. The van der Waals surface area contributed by atoms with Gasteiger partial charge in [-0.25, -0.2) is 0 Å². The van der Waals surface area contributed by atoms with Crippen LogP contribution in [0, 0.1) is 5.41 Å². The van der Waals surface area contributed by atoms with E-state index in [9.17, 15) is 9.59 Å². The van der Waals surface area contributed by atoms with E-state index in [0.29, 0.717) is 19.4 Å². The van der Waals surface area contributed by atoms with Crippen molar-refractivity contribution in [2.24, 2.45) is 5.41 Å². The van der Waals surface area contributed by atoms with Gasteiger partial charge in [0.25, 0.3) is 0 Å². The summed E-state index contributed by atoms with van der Waals surface area (Å²) < 4.78 is 11.9. The third kappa shape index (κ3) is 1.93. The van der Waals surface area contributed by atoms with Crippen LogP contribution in [0.15, 0.2) is 30.3 Å². The van der Waals surface area contributed by atoms with Crippen LogP contribution in [0.2, 0.25) is 0 Å². The Balaban J connectivity index is 1.66. The lowest BCUT2D eigenvalue weighted by atomic mass is 9.82. The molecule has 3 aliphatic rings. The van der Waals surface area contributed by atoms with Crippen LogP contribution >= 0.6 is 22.6 Å². The number of hydrogen-bond donors (Lipinski definition) is 0. The molecule has 3 aliphatic heterocycles. The Hall–Kier alpha value is -1.15. The van der Waals surface area contributed by atoms with Gasteiger partial charge in [0.15, 0.2) is 11.6 Å². The van der Waals surface area contributed by atoms with Crippen molar-refractivity contribution >= 4 is 34.5 Å². The van der Waals surface area contributed by atoms with Gasteiger partial charge in [0.2, 0.25) is 5.91 Å². The maximum atomic E-state index is 13.0. The second kappa shape index (κ2) is 5.19. The highest BCUT2D eigenvalue weighted by molar-refractivity contribution is 14.1.